The molecule has 3 nitrogen and oxygen atoms in total. The molecule has 17 heavy (non-hydrogen) atoms. The quantitative estimate of drug-likeness (QED) is 0.609. The lowest BCUT2D eigenvalue weighted by Crippen LogP contribution is -2.33. The Kier molecular flexibility index (Phi) is 5.26. The maximum Gasteiger partial charge on any atom is 0.170 e. The van der Waals surface area contributed by atoms with E-state index in [2.05, 4.69) is 32.2 Å². The minimum absolute atomic E-state index is 0.376. The molecule has 6 heteroatoms. The first-order valence-corrected chi connectivity index (χ1v) is 8.75. The molecule has 1 aromatic heterocycles. The molecule has 0 saturated carbocycles. The van der Waals surface area contributed by atoms with Crippen LogP contribution < -0.4 is 0 Å². The molecule has 1 saturated heterocycles. The molecule has 1 aromatic rings. The number of hydrogen-bond acceptors (Lipinski definition) is 5. The molecular weight excluding hydrogens is 320 g/mol. The molecule has 96 valence electrons. The zero-order valence-corrected chi connectivity index (χ0v) is 13.2. The molecule has 0 amide bonds. The van der Waals surface area contributed by atoms with E-state index < -0.39 is 0 Å². The van der Waals surface area contributed by atoms with Crippen LogP contribution >= 0.6 is 39.2 Å². The fraction of sp³-hybridized carbons (Fsp3) is 0.818. The lowest BCUT2D eigenvalue weighted by atomic mass is 9.85. The van der Waals surface area contributed by atoms with Gasteiger partial charge in [-0.15, -0.1) is 0 Å². The van der Waals surface area contributed by atoms with Crippen molar-refractivity contribution in [2.45, 2.75) is 30.5 Å². The van der Waals surface area contributed by atoms with E-state index in [-0.39, 0.29) is 0 Å². The molecule has 0 N–H and O–H groups in total. The van der Waals surface area contributed by atoms with Gasteiger partial charge >= 0.3 is 0 Å². The highest BCUT2D eigenvalue weighted by Crippen LogP contribution is 2.38. The molecule has 0 unspecified atom stereocenters. The molecule has 0 aromatic carbocycles. The third kappa shape index (κ3) is 3.66. The maximum atomic E-state index is 5.44. The maximum absolute atomic E-state index is 5.44. The first-order chi connectivity index (χ1) is 8.28. The summed E-state index contributed by atoms with van der Waals surface area (Å²) in [4.78, 5) is 4.50. The largest absolute Gasteiger partial charge is 0.381 e. The third-order valence-corrected chi connectivity index (χ3v) is 6.52. The van der Waals surface area contributed by atoms with Crippen molar-refractivity contribution in [3.8, 4) is 0 Å². The fourth-order valence-corrected chi connectivity index (χ4v) is 4.79. The smallest absolute Gasteiger partial charge is 0.170 e. The van der Waals surface area contributed by atoms with Gasteiger partial charge in [-0.05, 0) is 29.8 Å². The highest BCUT2D eigenvalue weighted by atomic mass is 79.9. The summed E-state index contributed by atoms with van der Waals surface area (Å²) < 4.78 is 10.9. The number of ether oxygens (including phenoxy) is 1. The Labute approximate surface area is 119 Å². The van der Waals surface area contributed by atoms with E-state index in [1.54, 1.807) is 0 Å². The predicted octanol–water partition coefficient (Wildman–Crippen LogP) is 3.38. The van der Waals surface area contributed by atoms with Crippen molar-refractivity contribution < 1.29 is 4.74 Å². The van der Waals surface area contributed by atoms with Crippen LogP contribution in [-0.4, -0.2) is 33.7 Å². The van der Waals surface area contributed by atoms with Crippen LogP contribution in [0.25, 0.3) is 0 Å². The van der Waals surface area contributed by atoms with Gasteiger partial charge in [0.1, 0.15) is 5.82 Å². The summed E-state index contributed by atoms with van der Waals surface area (Å²) in [6, 6.07) is 0. The highest BCUT2D eigenvalue weighted by molar-refractivity contribution is 9.09. The number of alkyl halides is 1. The molecule has 2 rings (SSSR count). The first-order valence-electron chi connectivity index (χ1n) is 5.87. The van der Waals surface area contributed by atoms with Crippen molar-refractivity contribution in [3.63, 3.8) is 0 Å². The molecule has 0 spiro atoms. The molecule has 2 heterocycles. The number of nitrogens with zero attached hydrogens (tertiary/aromatic N) is 2. The monoisotopic (exact) mass is 336 g/mol. The molecule has 1 aliphatic rings. The third-order valence-electron chi connectivity index (χ3n) is 3.10. The van der Waals surface area contributed by atoms with Gasteiger partial charge in [-0.3, -0.25) is 0 Å². The minimum Gasteiger partial charge on any atom is -0.381 e. The first kappa shape index (κ1) is 13.8. The van der Waals surface area contributed by atoms with Gasteiger partial charge in [0.15, 0.2) is 4.34 Å². The van der Waals surface area contributed by atoms with Gasteiger partial charge in [-0.2, -0.15) is 4.37 Å². The Balaban J connectivity index is 1.90. The lowest BCUT2D eigenvalue weighted by Gasteiger charge is -2.35. The van der Waals surface area contributed by atoms with Crippen molar-refractivity contribution in [1.29, 1.82) is 0 Å². The average Bonchev–Trinajstić information content (AvgIpc) is 2.85. The van der Waals surface area contributed by atoms with Crippen molar-refractivity contribution in [2.75, 3.05) is 24.3 Å². The molecule has 1 aliphatic heterocycles. The Morgan fingerprint density at radius 2 is 2.24 bits per heavy atom. The van der Waals surface area contributed by atoms with Crippen LogP contribution in [0.15, 0.2) is 4.34 Å². The van der Waals surface area contributed by atoms with E-state index in [4.69, 9.17) is 4.74 Å². The van der Waals surface area contributed by atoms with Gasteiger partial charge in [0.2, 0.25) is 0 Å². The Bertz CT molecular complexity index is 353. The summed E-state index contributed by atoms with van der Waals surface area (Å²) in [5.41, 5.74) is 0.376. The second-order valence-electron chi connectivity index (χ2n) is 4.36. The minimum atomic E-state index is 0.376. The van der Waals surface area contributed by atoms with E-state index in [9.17, 15) is 0 Å². The van der Waals surface area contributed by atoms with E-state index in [0.29, 0.717) is 5.41 Å². The van der Waals surface area contributed by atoms with Crippen LogP contribution in [0.1, 0.15) is 25.6 Å². The van der Waals surface area contributed by atoms with Crippen molar-refractivity contribution in [2.24, 2.45) is 5.41 Å². The van der Waals surface area contributed by atoms with Gasteiger partial charge < -0.3 is 4.74 Å². The molecule has 1 fully saturated rings. The Morgan fingerprint density at radius 3 is 2.82 bits per heavy atom. The predicted molar refractivity (Wildman–Crippen MR) is 76.3 cm³/mol. The number of aromatic nitrogens is 2. The van der Waals surface area contributed by atoms with Crippen LogP contribution in [0.3, 0.4) is 0 Å². The number of aryl methyl sites for hydroxylation is 1. The normalized spacial score (nSPS) is 19.4. The molecule has 0 bridgehead atoms. The molecular formula is C11H17BrN2OS2. The molecule has 0 aliphatic carbocycles. The van der Waals surface area contributed by atoms with Crippen LogP contribution in [-0.2, 0) is 11.2 Å². The van der Waals surface area contributed by atoms with Crippen LogP contribution in [0.5, 0.6) is 0 Å². The number of hydrogen-bond donors (Lipinski definition) is 0. The summed E-state index contributed by atoms with van der Waals surface area (Å²) >= 11 is 7.03. The van der Waals surface area contributed by atoms with Gasteiger partial charge in [0, 0.05) is 30.7 Å². The van der Waals surface area contributed by atoms with Crippen LogP contribution in [0.2, 0.25) is 0 Å². The topological polar surface area (TPSA) is 35.0 Å². The molecule has 0 radical (unpaired) electrons. The molecule has 0 atom stereocenters. The van der Waals surface area contributed by atoms with Crippen LogP contribution in [0.4, 0.5) is 0 Å². The second-order valence-corrected chi connectivity index (χ2v) is 6.90. The van der Waals surface area contributed by atoms with Crippen molar-refractivity contribution in [3.05, 3.63) is 5.82 Å². The summed E-state index contributed by atoms with van der Waals surface area (Å²) in [6.07, 6.45) is 3.21. The standard InChI is InChI=1S/C11H17BrN2OS2/c1-2-9-13-10(17-14-9)16-8-11(7-12)3-5-15-6-4-11/h2-8H2,1H3. The lowest BCUT2D eigenvalue weighted by molar-refractivity contribution is 0.0374. The van der Waals surface area contributed by atoms with E-state index >= 15 is 0 Å². The van der Waals surface area contributed by atoms with Crippen molar-refractivity contribution in [1.82, 2.24) is 9.36 Å². The second kappa shape index (κ2) is 6.50. The number of thioether (sulfide) groups is 1. The zero-order valence-electron chi connectivity index (χ0n) is 9.95. The van der Waals surface area contributed by atoms with Gasteiger partial charge in [-0.1, -0.05) is 34.6 Å². The fourth-order valence-electron chi connectivity index (χ4n) is 1.78. The van der Waals surface area contributed by atoms with E-state index in [1.165, 1.54) is 11.5 Å². The Morgan fingerprint density at radius 1 is 1.47 bits per heavy atom. The van der Waals surface area contributed by atoms with E-state index in [0.717, 1.165) is 53.7 Å². The summed E-state index contributed by atoms with van der Waals surface area (Å²) in [5, 5.41) is 1.05. The van der Waals surface area contributed by atoms with Gasteiger partial charge in [0.05, 0.1) is 0 Å². The van der Waals surface area contributed by atoms with Crippen molar-refractivity contribution >= 4 is 39.2 Å². The zero-order chi connectivity index (χ0) is 12.1. The Hall–Kier alpha value is 0.350. The van der Waals surface area contributed by atoms with E-state index in [1.807, 2.05) is 11.8 Å². The SMILES string of the molecule is CCc1nsc(SCC2(CBr)CCOCC2)n1. The van der Waals surface area contributed by atoms with Gasteiger partial charge in [-0.25, -0.2) is 4.98 Å². The van der Waals surface area contributed by atoms with Gasteiger partial charge in [0.25, 0.3) is 0 Å². The highest BCUT2D eigenvalue weighted by Gasteiger charge is 2.31. The number of halogens is 1. The van der Waals surface area contributed by atoms with Crippen LogP contribution in [0, 0.1) is 5.41 Å². The summed E-state index contributed by atoms with van der Waals surface area (Å²) in [5.74, 6) is 2.08. The summed E-state index contributed by atoms with van der Waals surface area (Å²) in [6.45, 7) is 3.87. The summed E-state index contributed by atoms with van der Waals surface area (Å²) in [7, 11) is 0. The average molecular weight is 337 g/mol. The number of rotatable bonds is 5.